The first-order valence-electron chi connectivity index (χ1n) is 6.17. The molecule has 3 amide bonds. The molecule has 0 spiro atoms. The Labute approximate surface area is 112 Å². The van der Waals surface area contributed by atoms with E-state index in [0.29, 0.717) is 0 Å². The van der Waals surface area contributed by atoms with Crippen molar-refractivity contribution in [2.75, 3.05) is 6.54 Å². The minimum absolute atomic E-state index is 0.0411. The first kappa shape index (κ1) is 15.2. The minimum Gasteiger partial charge on any atom is -0.468 e. The number of furan rings is 1. The first-order valence-corrected chi connectivity index (χ1v) is 6.17. The predicted molar refractivity (Wildman–Crippen MR) is 71.6 cm³/mol. The molecule has 1 heterocycles. The Morgan fingerprint density at radius 2 is 2.05 bits per heavy atom. The Bertz CT molecular complexity index is 421. The smallest absolute Gasteiger partial charge is 0.321 e. The molecule has 0 aliphatic carbocycles. The fraction of sp³-hybridized carbons (Fsp3) is 0.538. The maximum atomic E-state index is 11.5. The van der Waals surface area contributed by atoms with Gasteiger partial charge in [-0.1, -0.05) is 0 Å². The largest absolute Gasteiger partial charge is 0.468 e. The quantitative estimate of drug-likeness (QED) is 0.773. The van der Waals surface area contributed by atoms with Gasteiger partial charge in [0.25, 0.3) is 0 Å². The van der Waals surface area contributed by atoms with E-state index in [-0.39, 0.29) is 24.0 Å². The topological polar surface area (TPSA) is 83.4 Å². The molecule has 0 aliphatic heterocycles. The molecule has 0 unspecified atom stereocenters. The van der Waals surface area contributed by atoms with E-state index in [2.05, 4.69) is 16.0 Å². The van der Waals surface area contributed by atoms with Crippen LogP contribution < -0.4 is 16.0 Å². The van der Waals surface area contributed by atoms with E-state index in [1.54, 1.807) is 12.3 Å². The predicted octanol–water partition coefficient (Wildman–Crippen LogP) is 1.55. The summed E-state index contributed by atoms with van der Waals surface area (Å²) < 4.78 is 5.20. The molecule has 0 bridgehead atoms. The van der Waals surface area contributed by atoms with Gasteiger partial charge < -0.3 is 9.73 Å². The van der Waals surface area contributed by atoms with Crippen molar-refractivity contribution in [3.63, 3.8) is 0 Å². The lowest BCUT2D eigenvalue weighted by Gasteiger charge is -2.20. The number of imide groups is 1. The zero-order valence-electron chi connectivity index (χ0n) is 11.7. The molecule has 6 nitrogen and oxygen atoms in total. The third kappa shape index (κ3) is 6.05. The van der Waals surface area contributed by atoms with Crippen molar-refractivity contribution in [1.82, 2.24) is 16.0 Å². The van der Waals surface area contributed by atoms with E-state index >= 15 is 0 Å². The zero-order chi connectivity index (χ0) is 14.5. The van der Waals surface area contributed by atoms with Crippen molar-refractivity contribution >= 4 is 11.9 Å². The van der Waals surface area contributed by atoms with Crippen LogP contribution in [0.25, 0.3) is 0 Å². The molecule has 19 heavy (non-hydrogen) atoms. The molecule has 0 aromatic carbocycles. The van der Waals surface area contributed by atoms with E-state index in [9.17, 15) is 9.59 Å². The second kappa shape index (κ2) is 6.38. The van der Waals surface area contributed by atoms with Gasteiger partial charge in [0.05, 0.1) is 18.8 Å². The summed E-state index contributed by atoms with van der Waals surface area (Å²) in [4.78, 5) is 23.0. The maximum Gasteiger partial charge on any atom is 0.321 e. The van der Waals surface area contributed by atoms with Crippen LogP contribution in [0.4, 0.5) is 4.79 Å². The summed E-state index contributed by atoms with van der Waals surface area (Å²) in [6.45, 7) is 7.44. The second-order valence-corrected chi connectivity index (χ2v) is 5.37. The SMILES string of the molecule is C[C@@H](NCC(=O)NC(=O)NC(C)(C)C)c1ccco1. The number of nitrogens with one attached hydrogen (secondary N) is 3. The van der Waals surface area contributed by atoms with Gasteiger partial charge in [-0.05, 0) is 39.8 Å². The lowest BCUT2D eigenvalue weighted by atomic mass is 10.1. The van der Waals surface area contributed by atoms with Gasteiger partial charge in [0.15, 0.2) is 0 Å². The molecule has 0 fully saturated rings. The summed E-state index contributed by atoms with van der Waals surface area (Å²) in [5, 5.41) is 7.87. The Hall–Kier alpha value is -1.82. The molecule has 0 saturated carbocycles. The number of hydrogen-bond acceptors (Lipinski definition) is 4. The monoisotopic (exact) mass is 267 g/mol. The van der Waals surface area contributed by atoms with E-state index in [1.165, 1.54) is 0 Å². The van der Waals surface area contributed by atoms with Gasteiger partial charge in [0.1, 0.15) is 5.76 Å². The summed E-state index contributed by atoms with van der Waals surface area (Å²) >= 11 is 0. The molecular weight excluding hydrogens is 246 g/mol. The van der Waals surface area contributed by atoms with E-state index in [1.807, 2.05) is 33.8 Å². The summed E-state index contributed by atoms with van der Waals surface area (Å²) in [6, 6.07) is 3.02. The summed E-state index contributed by atoms with van der Waals surface area (Å²) in [5.74, 6) is 0.354. The van der Waals surface area contributed by atoms with Crippen LogP contribution in [0.5, 0.6) is 0 Å². The molecule has 106 valence electrons. The first-order chi connectivity index (χ1) is 8.78. The number of amides is 3. The highest BCUT2D eigenvalue weighted by molar-refractivity contribution is 5.95. The lowest BCUT2D eigenvalue weighted by Crippen LogP contribution is -2.50. The van der Waals surface area contributed by atoms with E-state index < -0.39 is 6.03 Å². The van der Waals surface area contributed by atoms with Gasteiger partial charge in [0.2, 0.25) is 5.91 Å². The highest BCUT2D eigenvalue weighted by Gasteiger charge is 2.16. The van der Waals surface area contributed by atoms with Crippen LogP contribution >= 0.6 is 0 Å². The highest BCUT2D eigenvalue weighted by Crippen LogP contribution is 2.11. The van der Waals surface area contributed by atoms with Gasteiger partial charge in [-0.25, -0.2) is 4.79 Å². The third-order valence-corrected chi connectivity index (χ3v) is 2.28. The average molecular weight is 267 g/mol. The molecule has 1 aromatic rings. The van der Waals surface area contributed by atoms with Crippen LogP contribution in [-0.4, -0.2) is 24.0 Å². The standard InChI is InChI=1S/C13H21N3O3/c1-9(10-6-5-7-19-10)14-8-11(17)15-12(18)16-13(2,3)4/h5-7,9,14H,8H2,1-4H3,(H2,15,16,17,18)/t9-/m1/s1. The average Bonchev–Trinajstić information content (AvgIpc) is 2.76. The van der Waals surface area contributed by atoms with Gasteiger partial charge in [0, 0.05) is 5.54 Å². The molecule has 0 saturated heterocycles. The van der Waals surface area contributed by atoms with Crippen LogP contribution in [0.1, 0.15) is 39.5 Å². The number of carbonyl (C=O) groups excluding carboxylic acids is 2. The molecule has 0 aliphatic rings. The molecule has 3 N–H and O–H groups in total. The Kier molecular flexibility index (Phi) is 5.11. The number of rotatable bonds is 4. The molecule has 1 atom stereocenters. The van der Waals surface area contributed by atoms with Crippen molar-refractivity contribution in [2.24, 2.45) is 0 Å². The van der Waals surface area contributed by atoms with E-state index in [0.717, 1.165) is 5.76 Å². The fourth-order valence-corrected chi connectivity index (χ4v) is 1.43. The van der Waals surface area contributed by atoms with Crippen molar-refractivity contribution in [1.29, 1.82) is 0 Å². The van der Waals surface area contributed by atoms with Crippen LogP contribution in [0, 0.1) is 0 Å². The summed E-state index contributed by atoms with van der Waals surface area (Å²) in [7, 11) is 0. The third-order valence-electron chi connectivity index (χ3n) is 2.28. The molecule has 1 rings (SSSR count). The highest BCUT2D eigenvalue weighted by atomic mass is 16.3. The van der Waals surface area contributed by atoms with Crippen LogP contribution in [-0.2, 0) is 4.79 Å². The van der Waals surface area contributed by atoms with Gasteiger partial charge in [-0.2, -0.15) is 0 Å². The number of hydrogen-bond donors (Lipinski definition) is 3. The van der Waals surface area contributed by atoms with Gasteiger partial charge >= 0.3 is 6.03 Å². The van der Waals surface area contributed by atoms with Crippen LogP contribution in [0.15, 0.2) is 22.8 Å². The fourth-order valence-electron chi connectivity index (χ4n) is 1.43. The van der Waals surface area contributed by atoms with Crippen molar-refractivity contribution < 1.29 is 14.0 Å². The molecular formula is C13H21N3O3. The van der Waals surface area contributed by atoms with Crippen molar-refractivity contribution in [3.8, 4) is 0 Å². The van der Waals surface area contributed by atoms with Gasteiger partial charge in [-0.3, -0.25) is 15.4 Å². The molecule has 0 radical (unpaired) electrons. The zero-order valence-corrected chi connectivity index (χ0v) is 11.7. The Balaban J connectivity index is 2.30. The second-order valence-electron chi connectivity index (χ2n) is 5.37. The normalized spacial score (nSPS) is 12.8. The maximum absolute atomic E-state index is 11.5. The number of carbonyl (C=O) groups is 2. The lowest BCUT2D eigenvalue weighted by molar-refractivity contribution is -0.119. The Morgan fingerprint density at radius 1 is 1.37 bits per heavy atom. The summed E-state index contributed by atoms with van der Waals surface area (Å²) in [6.07, 6.45) is 1.57. The molecule has 1 aromatic heterocycles. The minimum atomic E-state index is -0.495. The van der Waals surface area contributed by atoms with Crippen LogP contribution in [0.3, 0.4) is 0 Å². The van der Waals surface area contributed by atoms with E-state index in [4.69, 9.17) is 4.42 Å². The van der Waals surface area contributed by atoms with Crippen molar-refractivity contribution in [2.45, 2.75) is 39.3 Å². The number of urea groups is 1. The molecule has 6 heteroatoms. The van der Waals surface area contributed by atoms with Crippen molar-refractivity contribution in [3.05, 3.63) is 24.2 Å². The van der Waals surface area contributed by atoms with Gasteiger partial charge in [-0.15, -0.1) is 0 Å². The summed E-state index contributed by atoms with van der Waals surface area (Å²) in [5.41, 5.74) is -0.376. The Morgan fingerprint density at radius 3 is 2.58 bits per heavy atom. The van der Waals surface area contributed by atoms with Crippen LogP contribution in [0.2, 0.25) is 0 Å².